The maximum Gasteiger partial charge on any atom is 0.346 e. The molecule has 1 atom stereocenters. The van der Waals surface area contributed by atoms with Crippen molar-refractivity contribution in [3.63, 3.8) is 0 Å². The van der Waals surface area contributed by atoms with Crippen LogP contribution in [-0.4, -0.2) is 42.6 Å². The van der Waals surface area contributed by atoms with Gasteiger partial charge in [0, 0.05) is 13.7 Å². The van der Waals surface area contributed by atoms with Gasteiger partial charge in [0.25, 0.3) is 0 Å². The second kappa shape index (κ2) is 3.90. The number of nitrogens with two attached hydrogens (primary N) is 1. The Morgan fingerprint density at radius 3 is 2.94 bits per heavy atom. The zero-order valence-corrected chi connectivity index (χ0v) is 9.48. The van der Waals surface area contributed by atoms with Gasteiger partial charge < -0.3 is 15.4 Å². The van der Waals surface area contributed by atoms with Gasteiger partial charge in [-0.2, -0.15) is 4.99 Å². The third kappa shape index (κ3) is 1.43. The lowest BCUT2D eigenvalue weighted by Gasteiger charge is -2.37. The zero-order chi connectivity index (χ0) is 11.8. The van der Waals surface area contributed by atoms with E-state index in [0.717, 1.165) is 12.8 Å². The van der Waals surface area contributed by atoms with E-state index < -0.39 is 5.54 Å². The molecule has 5 heteroatoms. The highest BCUT2D eigenvalue weighted by Gasteiger charge is 2.57. The summed E-state index contributed by atoms with van der Waals surface area (Å²) in [7, 11) is 1.62. The van der Waals surface area contributed by atoms with Crippen molar-refractivity contribution < 1.29 is 9.53 Å². The number of rotatable bonds is 5. The van der Waals surface area contributed by atoms with Crippen LogP contribution in [0.25, 0.3) is 0 Å². The fourth-order valence-corrected chi connectivity index (χ4v) is 2.42. The van der Waals surface area contributed by atoms with Crippen LogP contribution in [-0.2, 0) is 4.74 Å². The van der Waals surface area contributed by atoms with Crippen molar-refractivity contribution in [1.29, 1.82) is 0 Å². The number of amidine groups is 1. The van der Waals surface area contributed by atoms with E-state index in [0.29, 0.717) is 24.9 Å². The fourth-order valence-electron chi connectivity index (χ4n) is 2.42. The molecule has 2 rings (SSSR count). The minimum atomic E-state index is -0.528. The van der Waals surface area contributed by atoms with Crippen molar-refractivity contribution in [3.05, 3.63) is 12.7 Å². The van der Waals surface area contributed by atoms with Gasteiger partial charge in [-0.1, -0.05) is 6.08 Å². The van der Waals surface area contributed by atoms with Crippen LogP contribution in [0.2, 0.25) is 0 Å². The van der Waals surface area contributed by atoms with Crippen LogP contribution in [0.3, 0.4) is 0 Å². The molecule has 0 spiro atoms. The van der Waals surface area contributed by atoms with Gasteiger partial charge in [-0.25, -0.2) is 4.79 Å². The van der Waals surface area contributed by atoms with Gasteiger partial charge in [-0.15, -0.1) is 6.58 Å². The molecule has 2 aliphatic rings. The minimum Gasteiger partial charge on any atom is -0.385 e. The molecule has 0 aromatic carbocycles. The van der Waals surface area contributed by atoms with Gasteiger partial charge >= 0.3 is 6.03 Å². The number of hydrogen-bond donors (Lipinski definition) is 1. The average Bonchev–Trinajstić information content (AvgIpc) is 3.03. The predicted octanol–water partition coefficient (Wildman–Crippen LogP) is 0.760. The first-order chi connectivity index (χ1) is 7.66. The normalized spacial score (nSPS) is 29.4. The van der Waals surface area contributed by atoms with E-state index in [4.69, 9.17) is 10.5 Å². The summed E-state index contributed by atoms with van der Waals surface area (Å²) < 4.78 is 5.24. The Labute approximate surface area is 95.0 Å². The number of amides is 2. The lowest BCUT2D eigenvalue weighted by Crippen LogP contribution is -2.59. The molecule has 0 aromatic rings. The van der Waals surface area contributed by atoms with Gasteiger partial charge in [-0.3, -0.25) is 0 Å². The zero-order valence-electron chi connectivity index (χ0n) is 9.48. The summed E-state index contributed by atoms with van der Waals surface area (Å²) >= 11 is 0. The minimum absolute atomic E-state index is 0.277. The van der Waals surface area contributed by atoms with Gasteiger partial charge in [0.1, 0.15) is 11.4 Å². The van der Waals surface area contributed by atoms with E-state index in [9.17, 15) is 4.79 Å². The molecule has 0 radical (unpaired) electrons. The monoisotopic (exact) mass is 223 g/mol. The standard InChI is InChI=1S/C11H17N3O2/c1-3-6-14-10(15)13-9(12)11(14,7-16-2)8-4-5-8/h3,8H,1,4-7H2,2H3,(H2,12,13,15). The van der Waals surface area contributed by atoms with Crippen LogP contribution in [0.1, 0.15) is 12.8 Å². The highest BCUT2D eigenvalue weighted by molar-refractivity contribution is 6.06. The molecule has 0 aromatic heterocycles. The molecular formula is C11H17N3O2. The van der Waals surface area contributed by atoms with Crippen LogP contribution in [0.15, 0.2) is 17.6 Å². The number of carbonyl (C=O) groups is 1. The Morgan fingerprint density at radius 2 is 2.44 bits per heavy atom. The number of hydrogen-bond acceptors (Lipinski definition) is 3. The molecule has 5 nitrogen and oxygen atoms in total. The number of urea groups is 1. The fraction of sp³-hybridized carbons (Fsp3) is 0.636. The topological polar surface area (TPSA) is 67.9 Å². The van der Waals surface area contributed by atoms with Crippen LogP contribution in [0, 0.1) is 5.92 Å². The molecule has 1 unspecified atom stereocenters. The first-order valence-electron chi connectivity index (χ1n) is 5.43. The van der Waals surface area contributed by atoms with Gasteiger partial charge in [0.05, 0.1) is 6.61 Å². The van der Waals surface area contributed by atoms with E-state index in [-0.39, 0.29) is 6.03 Å². The summed E-state index contributed by atoms with van der Waals surface area (Å²) in [6.45, 7) is 4.53. The second-order valence-electron chi connectivity index (χ2n) is 4.31. The third-order valence-corrected chi connectivity index (χ3v) is 3.30. The molecule has 0 bridgehead atoms. The Kier molecular flexibility index (Phi) is 2.71. The van der Waals surface area contributed by atoms with Crippen LogP contribution >= 0.6 is 0 Å². The van der Waals surface area contributed by atoms with Crippen LogP contribution in [0.4, 0.5) is 4.79 Å². The van der Waals surface area contributed by atoms with Crippen molar-refractivity contribution in [2.75, 3.05) is 20.3 Å². The van der Waals surface area contributed by atoms with Crippen molar-refractivity contribution >= 4 is 11.9 Å². The van der Waals surface area contributed by atoms with E-state index in [1.54, 1.807) is 18.1 Å². The molecule has 1 fully saturated rings. The lowest BCUT2D eigenvalue weighted by atomic mass is 9.91. The van der Waals surface area contributed by atoms with Crippen molar-refractivity contribution in [2.24, 2.45) is 16.6 Å². The lowest BCUT2D eigenvalue weighted by molar-refractivity contribution is 0.0756. The second-order valence-corrected chi connectivity index (χ2v) is 4.31. The number of ether oxygens (including phenoxy) is 1. The highest BCUT2D eigenvalue weighted by Crippen LogP contribution is 2.45. The first-order valence-corrected chi connectivity index (χ1v) is 5.43. The summed E-state index contributed by atoms with van der Waals surface area (Å²) in [6, 6.07) is -0.277. The van der Waals surface area contributed by atoms with E-state index in [1.807, 2.05) is 0 Å². The number of carbonyl (C=O) groups excluding carboxylic acids is 1. The predicted molar refractivity (Wildman–Crippen MR) is 61.3 cm³/mol. The maximum absolute atomic E-state index is 11.8. The van der Waals surface area contributed by atoms with Gasteiger partial charge in [0.2, 0.25) is 0 Å². The molecular weight excluding hydrogens is 206 g/mol. The number of methoxy groups -OCH3 is 1. The molecule has 1 aliphatic carbocycles. The largest absolute Gasteiger partial charge is 0.385 e. The smallest absolute Gasteiger partial charge is 0.346 e. The summed E-state index contributed by atoms with van der Waals surface area (Å²) in [5, 5.41) is 0. The van der Waals surface area contributed by atoms with Crippen molar-refractivity contribution in [2.45, 2.75) is 18.4 Å². The van der Waals surface area contributed by atoms with Crippen molar-refractivity contribution in [1.82, 2.24) is 4.90 Å². The molecule has 88 valence electrons. The number of aliphatic imine (C=N–C) groups is 1. The summed E-state index contributed by atoms with van der Waals surface area (Å²) in [4.78, 5) is 17.3. The molecule has 1 heterocycles. The van der Waals surface area contributed by atoms with E-state index in [2.05, 4.69) is 11.6 Å². The highest BCUT2D eigenvalue weighted by atomic mass is 16.5. The maximum atomic E-state index is 11.8. The molecule has 1 aliphatic heterocycles. The Hall–Kier alpha value is -1.36. The average molecular weight is 223 g/mol. The molecule has 2 N–H and O–H groups in total. The Morgan fingerprint density at radius 1 is 1.75 bits per heavy atom. The van der Waals surface area contributed by atoms with Crippen LogP contribution < -0.4 is 5.73 Å². The molecule has 16 heavy (non-hydrogen) atoms. The Balaban J connectivity index is 2.34. The SMILES string of the molecule is C=CCN1C(=O)N=C(N)C1(COC)C1CC1. The summed E-state index contributed by atoms with van der Waals surface area (Å²) in [5.74, 6) is 0.770. The quantitative estimate of drug-likeness (QED) is 0.700. The summed E-state index contributed by atoms with van der Waals surface area (Å²) in [5.41, 5.74) is 5.40. The van der Waals surface area contributed by atoms with Gasteiger partial charge in [0.15, 0.2) is 0 Å². The number of nitrogens with zero attached hydrogens (tertiary/aromatic N) is 2. The van der Waals surface area contributed by atoms with Crippen LogP contribution in [0.5, 0.6) is 0 Å². The van der Waals surface area contributed by atoms with Crippen molar-refractivity contribution in [3.8, 4) is 0 Å². The molecule has 0 saturated heterocycles. The van der Waals surface area contributed by atoms with Gasteiger partial charge in [-0.05, 0) is 18.8 Å². The first kappa shape index (κ1) is 11.1. The van der Waals surface area contributed by atoms with E-state index in [1.165, 1.54) is 0 Å². The molecule has 1 saturated carbocycles. The Bertz CT molecular complexity index is 349. The molecule has 2 amide bonds. The third-order valence-electron chi connectivity index (χ3n) is 3.30. The van der Waals surface area contributed by atoms with E-state index >= 15 is 0 Å². The summed E-state index contributed by atoms with van der Waals surface area (Å²) in [6.07, 6.45) is 3.83.